The summed E-state index contributed by atoms with van der Waals surface area (Å²) in [6.07, 6.45) is 8.95. The van der Waals surface area contributed by atoms with Crippen LogP contribution in [-0.4, -0.2) is 16.3 Å². The molecule has 0 nitrogen and oxygen atoms in total. The van der Waals surface area contributed by atoms with Gasteiger partial charge in [0.15, 0.2) is 0 Å². The molecule has 1 aliphatic carbocycles. The molecule has 0 saturated heterocycles. The van der Waals surface area contributed by atoms with Crippen molar-refractivity contribution in [1.82, 2.24) is 0 Å². The van der Waals surface area contributed by atoms with E-state index in [-0.39, 0.29) is 0 Å². The molecule has 0 aliphatic heterocycles. The van der Waals surface area contributed by atoms with Gasteiger partial charge in [0.05, 0.1) is 0 Å². The van der Waals surface area contributed by atoms with Gasteiger partial charge in [-0.25, -0.2) is 0 Å². The number of rotatable bonds is 2. The van der Waals surface area contributed by atoms with Gasteiger partial charge in [0, 0.05) is 0 Å². The Kier molecular flexibility index (Phi) is 3.70. The van der Waals surface area contributed by atoms with Crippen molar-refractivity contribution >= 4 is 16.3 Å². The monoisotopic (exact) mass is 138 g/mol. The van der Waals surface area contributed by atoms with E-state index in [0.29, 0.717) is 0 Å². The van der Waals surface area contributed by atoms with E-state index in [1.54, 1.807) is 0 Å². The van der Waals surface area contributed by atoms with Gasteiger partial charge in [0.2, 0.25) is 0 Å². The molecular weight excluding hydrogens is 123 g/mol. The molecule has 0 amide bonds. The van der Waals surface area contributed by atoms with Gasteiger partial charge in [0.25, 0.3) is 0 Å². The fraction of sp³-hybridized carbons (Fsp3) is 1.00. The molecule has 0 aromatic carbocycles. The maximum absolute atomic E-state index is 2.83. The van der Waals surface area contributed by atoms with Crippen LogP contribution in [0.4, 0.5) is 0 Å². The molecule has 0 aromatic rings. The van der Waals surface area contributed by atoms with Crippen LogP contribution in [0.3, 0.4) is 0 Å². The summed E-state index contributed by atoms with van der Waals surface area (Å²) >= 11 is 2.83. The second kappa shape index (κ2) is 4.36. The summed E-state index contributed by atoms with van der Waals surface area (Å²) in [7, 11) is 0. The zero-order valence-corrected chi connectivity index (χ0v) is 7.26. The quantitative estimate of drug-likeness (QED) is 0.514. The second-order valence-electron chi connectivity index (χ2n) is 3.08. The van der Waals surface area contributed by atoms with Crippen LogP contribution in [0.15, 0.2) is 0 Å². The van der Waals surface area contributed by atoms with Gasteiger partial charge in [-0.15, -0.1) is 0 Å². The second-order valence-corrected chi connectivity index (χ2v) is 3.66. The van der Waals surface area contributed by atoms with Gasteiger partial charge in [0.1, 0.15) is 0 Å². The van der Waals surface area contributed by atoms with Crippen molar-refractivity contribution in [3.63, 3.8) is 0 Å². The Morgan fingerprint density at radius 1 is 1.11 bits per heavy atom. The Hall–Kier alpha value is 0.532. The minimum atomic E-state index is 1.08. The van der Waals surface area contributed by atoms with Crippen molar-refractivity contribution < 1.29 is 0 Å². The fourth-order valence-electron chi connectivity index (χ4n) is 1.71. The van der Waals surface area contributed by atoms with Crippen LogP contribution in [0.25, 0.3) is 0 Å². The molecule has 1 saturated carbocycles. The first-order valence-corrected chi connectivity index (χ1v) is 4.95. The van der Waals surface area contributed by atoms with Crippen LogP contribution in [0.5, 0.6) is 0 Å². The molecule has 0 heterocycles. The first-order chi connectivity index (χ1) is 4.43. The topological polar surface area (TPSA) is 0 Å². The zero-order valence-electron chi connectivity index (χ0n) is 6.10. The van der Waals surface area contributed by atoms with Crippen molar-refractivity contribution in [1.29, 1.82) is 0 Å². The molecule has 0 atom stereocenters. The van der Waals surface area contributed by atoms with Gasteiger partial charge in [-0.3, -0.25) is 0 Å². The van der Waals surface area contributed by atoms with Gasteiger partial charge in [-0.05, 0) is 0 Å². The molecule has 0 aromatic heterocycles. The third kappa shape index (κ3) is 2.74. The predicted octanol–water partition coefficient (Wildman–Crippen LogP) is 2.54. The summed E-state index contributed by atoms with van der Waals surface area (Å²) in [5.74, 6) is 1.08. The summed E-state index contributed by atoms with van der Waals surface area (Å²) in [6.45, 7) is 0. The van der Waals surface area contributed by atoms with Crippen molar-refractivity contribution in [2.75, 3.05) is 0 Å². The molecule has 1 rings (SSSR count). The Labute approximate surface area is 66.4 Å². The Bertz CT molecular complexity index is 62.2. The van der Waals surface area contributed by atoms with E-state index in [0.717, 1.165) is 5.92 Å². The van der Waals surface area contributed by atoms with Crippen LogP contribution in [-0.2, 0) is 0 Å². The Morgan fingerprint density at radius 2 is 1.78 bits per heavy atom. The average Bonchev–Trinajstić information content (AvgIpc) is 1.91. The van der Waals surface area contributed by atoms with Crippen LogP contribution >= 0.6 is 0 Å². The van der Waals surface area contributed by atoms with Crippen molar-refractivity contribution in [3.05, 3.63) is 0 Å². The van der Waals surface area contributed by atoms with E-state index < -0.39 is 0 Å². The molecule has 0 radical (unpaired) electrons. The number of hydrogen-bond donors (Lipinski definition) is 0. The standard InChI is InChI=1S/C8H15.Al/c1-2-8-6-4-3-5-7-8;/h8H,1-7H2;/q;+2. The van der Waals surface area contributed by atoms with Gasteiger partial charge >= 0.3 is 66.0 Å². The number of hydrogen-bond acceptors (Lipinski definition) is 0. The van der Waals surface area contributed by atoms with Gasteiger partial charge in [-0.1, -0.05) is 0 Å². The van der Waals surface area contributed by atoms with E-state index in [2.05, 4.69) is 16.3 Å². The van der Waals surface area contributed by atoms with Gasteiger partial charge < -0.3 is 0 Å². The Balaban J connectivity index is 2.08. The normalized spacial score (nSPS) is 22.4. The summed E-state index contributed by atoms with van der Waals surface area (Å²) in [4.78, 5) is 0. The van der Waals surface area contributed by atoms with E-state index >= 15 is 0 Å². The first kappa shape index (κ1) is 7.64. The summed E-state index contributed by atoms with van der Waals surface area (Å²) in [5.41, 5.74) is 0. The molecule has 9 heavy (non-hydrogen) atoms. The summed E-state index contributed by atoms with van der Waals surface area (Å²) in [5, 5.41) is 1.31. The van der Waals surface area contributed by atoms with Crippen LogP contribution < -0.4 is 0 Å². The Morgan fingerprint density at radius 3 is 2.33 bits per heavy atom. The molecular formula is C8H15Al+2. The first-order valence-electron chi connectivity index (χ1n) is 4.13. The SMILES string of the molecule is [Al+2][CH2]CC1CCCCC1. The molecule has 48 valence electrons. The minimum absolute atomic E-state index is 1.08. The summed E-state index contributed by atoms with van der Waals surface area (Å²) in [6, 6.07) is 0. The maximum atomic E-state index is 2.83. The van der Waals surface area contributed by atoms with Crippen molar-refractivity contribution in [2.45, 2.75) is 43.8 Å². The van der Waals surface area contributed by atoms with Crippen LogP contribution in [0, 0.1) is 5.92 Å². The molecule has 0 N–H and O–H groups in total. The molecule has 1 heteroatoms. The zero-order chi connectivity index (χ0) is 6.53. The van der Waals surface area contributed by atoms with E-state index in [9.17, 15) is 0 Å². The van der Waals surface area contributed by atoms with E-state index in [1.165, 1.54) is 43.8 Å². The third-order valence-electron chi connectivity index (χ3n) is 2.30. The molecule has 0 unspecified atom stereocenters. The van der Waals surface area contributed by atoms with Crippen LogP contribution in [0.2, 0.25) is 5.28 Å². The van der Waals surface area contributed by atoms with E-state index in [4.69, 9.17) is 0 Å². The van der Waals surface area contributed by atoms with Crippen molar-refractivity contribution in [3.8, 4) is 0 Å². The third-order valence-corrected chi connectivity index (χ3v) is 2.63. The average molecular weight is 138 g/mol. The van der Waals surface area contributed by atoms with Crippen molar-refractivity contribution in [2.24, 2.45) is 5.92 Å². The van der Waals surface area contributed by atoms with Gasteiger partial charge in [-0.2, -0.15) is 0 Å². The fourth-order valence-corrected chi connectivity index (χ4v) is 2.18. The molecule has 1 aliphatic rings. The molecule has 1 fully saturated rings. The van der Waals surface area contributed by atoms with Crippen LogP contribution in [0.1, 0.15) is 38.5 Å². The van der Waals surface area contributed by atoms with E-state index in [1.807, 2.05) is 0 Å². The predicted molar refractivity (Wildman–Crippen MR) is 41.8 cm³/mol. The summed E-state index contributed by atoms with van der Waals surface area (Å²) < 4.78 is 0. The molecule has 0 bridgehead atoms. The molecule has 0 spiro atoms.